The van der Waals surface area contributed by atoms with Crippen LogP contribution in [0.3, 0.4) is 0 Å². The van der Waals surface area contributed by atoms with Crippen LogP contribution >= 0.6 is 15.9 Å². The zero-order valence-corrected chi connectivity index (χ0v) is 12.4. The van der Waals surface area contributed by atoms with Gasteiger partial charge in [-0.3, -0.25) is 4.79 Å². The van der Waals surface area contributed by atoms with Crippen LogP contribution in [0.5, 0.6) is 5.88 Å². The summed E-state index contributed by atoms with van der Waals surface area (Å²) in [6.07, 6.45) is 1.63. The van der Waals surface area contributed by atoms with Crippen molar-refractivity contribution in [2.75, 3.05) is 11.9 Å². The quantitative estimate of drug-likeness (QED) is 0.871. The minimum absolute atomic E-state index is 0.0883. The third-order valence-corrected chi connectivity index (χ3v) is 3.06. The Morgan fingerprint density at radius 2 is 2.30 bits per heavy atom. The predicted molar refractivity (Wildman–Crippen MR) is 79.0 cm³/mol. The molecule has 20 heavy (non-hydrogen) atoms. The summed E-state index contributed by atoms with van der Waals surface area (Å²) in [5.74, 6) is 0.506. The van der Waals surface area contributed by atoms with Crippen LogP contribution < -0.4 is 10.3 Å². The van der Waals surface area contributed by atoms with Crippen LogP contribution in [0.2, 0.25) is 0 Å². The van der Waals surface area contributed by atoms with Crippen LogP contribution in [0.1, 0.15) is 11.3 Å². The fourth-order valence-corrected chi connectivity index (χ4v) is 1.97. The number of aromatic nitrogens is 2. The van der Waals surface area contributed by atoms with Crippen molar-refractivity contribution in [1.29, 1.82) is 5.26 Å². The molecule has 0 amide bonds. The number of ether oxygens (including phenoxy) is 1. The number of hydrogen-bond acceptors (Lipinski definition) is 4. The summed E-state index contributed by atoms with van der Waals surface area (Å²) in [7, 11) is 0. The first-order valence-corrected chi connectivity index (χ1v) is 7.07. The Labute approximate surface area is 124 Å². The standard InChI is InChI=1S/C14H12BrN3O2/c1-9-12(6-11(8-16)14(19)18-9)10-2-4-17-13(7-10)20-5-3-15/h2,4,6-7H,3,5H2,1H3,(H,18,19). The number of pyridine rings is 2. The average Bonchev–Trinajstić information content (AvgIpc) is 2.45. The Balaban J connectivity index is 2.46. The Hall–Kier alpha value is -2.13. The molecule has 0 unspecified atom stereocenters. The highest BCUT2D eigenvalue weighted by atomic mass is 79.9. The van der Waals surface area contributed by atoms with Crippen molar-refractivity contribution in [3.8, 4) is 23.1 Å². The van der Waals surface area contributed by atoms with Gasteiger partial charge in [0.05, 0.1) is 6.61 Å². The van der Waals surface area contributed by atoms with Crippen LogP contribution in [0.4, 0.5) is 0 Å². The molecule has 5 nitrogen and oxygen atoms in total. The number of nitriles is 1. The molecule has 0 aliphatic rings. The van der Waals surface area contributed by atoms with E-state index in [9.17, 15) is 4.79 Å². The Morgan fingerprint density at radius 1 is 1.50 bits per heavy atom. The van der Waals surface area contributed by atoms with Gasteiger partial charge in [-0.05, 0) is 24.6 Å². The molecule has 2 aromatic heterocycles. The number of H-pyrrole nitrogens is 1. The second kappa shape index (κ2) is 6.35. The average molecular weight is 334 g/mol. The van der Waals surface area contributed by atoms with Crippen LogP contribution in [0, 0.1) is 18.3 Å². The molecule has 0 spiro atoms. The molecule has 102 valence electrons. The molecule has 1 N–H and O–H groups in total. The molecule has 0 aromatic carbocycles. The number of halogens is 1. The maximum absolute atomic E-state index is 11.5. The van der Waals surface area contributed by atoms with E-state index in [1.807, 2.05) is 12.1 Å². The van der Waals surface area contributed by atoms with Crippen molar-refractivity contribution < 1.29 is 4.74 Å². The number of nitrogens with zero attached hydrogens (tertiary/aromatic N) is 2. The Bertz CT molecular complexity index is 719. The number of aryl methyl sites for hydroxylation is 1. The minimum atomic E-state index is -0.376. The van der Waals surface area contributed by atoms with Crippen molar-refractivity contribution in [2.24, 2.45) is 0 Å². The summed E-state index contributed by atoms with van der Waals surface area (Å²) < 4.78 is 5.44. The van der Waals surface area contributed by atoms with Crippen molar-refractivity contribution in [2.45, 2.75) is 6.92 Å². The van der Waals surface area contributed by atoms with Gasteiger partial charge in [-0.1, -0.05) is 15.9 Å². The van der Waals surface area contributed by atoms with Crippen molar-refractivity contribution >= 4 is 15.9 Å². The molecule has 0 aliphatic heterocycles. The maximum Gasteiger partial charge on any atom is 0.266 e. The first-order chi connectivity index (χ1) is 9.65. The van der Waals surface area contributed by atoms with Gasteiger partial charge in [0.25, 0.3) is 5.56 Å². The van der Waals surface area contributed by atoms with Gasteiger partial charge in [-0.25, -0.2) is 4.98 Å². The monoisotopic (exact) mass is 333 g/mol. The lowest BCUT2D eigenvalue weighted by molar-refractivity contribution is 0.331. The van der Waals surface area contributed by atoms with E-state index in [1.54, 1.807) is 25.3 Å². The third-order valence-electron chi connectivity index (χ3n) is 2.73. The summed E-state index contributed by atoms with van der Waals surface area (Å²) in [6.45, 7) is 2.31. The van der Waals surface area contributed by atoms with Gasteiger partial charge in [0.2, 0.25) is 5.88 Å². The molecule has 0 atom stereocenters. The predicted octanol–water partition coefficient (Wildman–Crippen LogP) is 2.39. The van der Waals surface area contributed by atoms with E-state index >= 15 is 0 Å². The lowest BCUT2D eigenvalue weighted by Crippen LogP contribution is -2.12. The van der Waals surface area contributed by atoms with Crippen LogP contribution in [-0.2, 0) is 0 Å². The highest BCUT2D eigenvalue weighted by molar-refractivity contribution is 9.09. The van der Waals surface area contributed by atoms with Crippen molar-refractivity contribution in [3.05, 3.63) is 46.0 Å². The largest absolute Gasteiger partial charge is 0.477 e. The molecule has 0 saturated carbocycles. The number of alkyl halides is 1. The number of rotatable bonds is 4. The first kappa shape index (κ1) is 14.3. The zero-order chi connectivity index (χ0) is 14.5. The molecule has 2 heterocycles. The molecule has 0 radical (unpaired) electrons. The van der Waals surface area contributed by atoms with Crippen molar-refractivity contribution in [1.82, 2.24) is 9.97 Å². The molecular formula is C14H12BrN3O2. The van der Waals surface area contributed by atoms with Gasteiger partial charge in [-0.15, -0.1) is 0 Å². The highest BCUT2D eigenvalue weighted by Gasteiger charge is 2.08. The summed E-state index contributed by atoms with van der Waals surface area (Å²) in [4.78, 5) is 18.3. The van der Waals surface area contributed by atoms with Gasteiger partial charge >= 0.3 is 0 Å². The van der Waals surface area contributed by atoms with E-state index in [0.717, 1.165) is 16.5 Å². The highest BCUT2D eigenvalue weighted by Crippen LogP contribution is 2.24. The number of nitrogens with one attached hydrogen (secondary N) is 1. The minimum Gasteiger partial charge on any atom is -0.477 e. The second-order valence-corrected chi connectivity index (χ2v) is 4.88. The summed E-state index contributed by atoms with van der Waals surface area (Å²) in [6, 6.07) is 7.06. The summed E-state index contributed by atoms with van der Waals surface area (Å²) in [5, 5.41) is 9.66. The normalized spacial score (nSPS) is 10.1. The van der Waals surface area contributed by atoms with E-state index < -0.39 is 0 Å². The molecule has 0 fully saturated rings. The lowest BCUT2D eigenvalue weighted by atomic mass is 10.0. The van der Waals surface area contributed by atoms with Gasteiger partial charge in [0, 0.05) is 28.9 Å². The molecule has 0 saturated heterocycles. The SMILES string of the molecule is Cc1[nH]c(=O)c(C#N)cc1-c1ccnc(OCCBr)c1. The van der Waals surface area contributed by atoms with E-state index in [1.165, 1.54) is 0 Å². The van der Waals surface area contributed by atoms with E-state index in [2.05, 4.69) is 25.9 Å². The summed E-state index contributed by atoms with van der Waals surface area (Å²) in [5.41, 5.74) is 2.04. The fraction of sp³-hybridized carbons (Fsp3) is 0.214. The Kier molecular flexibility index (Phi) is 4.53. The molecule has 0 bridgehead atoms. The van der Waals surface area contributed by atoms with Gasteiger partial charge in [0.15, 0.2) is 0 Å². The molecule has 2 aromatic rings. The second-order valence-electron chi connectivity index (χ2n) is 4.08. The zero-order valence-electron chi connectivity index (χ0n) is 10.8. The Morgan fingerprint density at radius 3 is 3.00 bits per heavy atom. The van der Waals surface area contributed by atoms with Crippen LogP contribution in [-0.4, -0.2) is 21.9 Å². The van der Waals surface area contributed by atoms with Gasteiger partial charge in [0.1, 0.15) is 11.6 Å². The van der Waals surface area contributed by atoms with E-state index in [0.29, 0.717) is 18.2 Å². The van der Waals surface area contributed by atoms with Gasteiger partial charge < -0.3 is 9.72 Å². The van der Waals surface area contributed by atoms with Crippen LogP contribution in [0.15, 0.2) is 29.2 Å². The van der Waals surface area contributed by atoms with Crippen LogP contribution in [0.25, 0.3) is 11.1 Å². The number of hydrogen-bond donors (Lipinski definition) is 1. The maximum atomic E-state index is 11.5. The molecular weight excluding hydrogens is 322 g/mol. The third kappa shape index (κ3) is 3.06. The molecule has 2 rings (SSSR count). The van der Waals surface area contributed by atoms with Crippen molar-refractivity contribution in [3.63, 3.8) is 0 Å². The topological polar surface area (TPSA) is 78.8 Å². The molecule has 6 heteroatoms. The lowest BCUT2D eigenvalue weighted by Gasteiger charge is -2.08. The fourth-order valence-electron chi connectivity index (χ4n) is 1.81. The van der Waals surface area contributed by atoms with Gasteiger partial charge in [-0.2, -0.15) is 5.26 Å². The smallest absolute Gasteiger partial charge is 0.266 e. The van der Waals surface area contributed by atoms with E-state index in [-0.39, 0.29) is 11.1 Å². The van der Waals surface area contributed by atoms with E-state index in [4.69, 9.17) is 10.00 Å². The molecule has 0 aliphatic carbocycles. The summed E-state index contributed by atoms with van der Waals surface area (Å²) >= 11 is 3.28. The number of aromatic amines is 1. The first-order valence-electron chi connectivity index (χ1n) is 5.95.